The van der Waals surface area contributed by atoms with Crippen molar-refractivity contribution < 1.29 is 57.5 Å². The lowest BCUT2D eigenvalue weighted by atomic mass is 9.36. The number of hydrogen-bond donors (Lipinski definition) is 2. The number of hydrogen-bond acceptors (Lipinski definition) is 12. The number of fused-ring (bicyclic) bond motifs is 2. The first-order valence-corrected chi connectivity index (χ1v) is 16.4. The van der Waals surface area contributed by atoms with Crippen molar-refractivity contribution in [3.05, 3.63) is 35.8 Å². The smallest absolute Gasteiger partial charge is 0.331 e. The highest BCUT2D eigenvalue weighted by Gasteiger charge is 2.96. The molecule has 0 amide bonds. The number of rotatable bonds is 7. The second-order valence-electron chi connectivity index (χ2n) is 15.7. The molecule has 2 saturated heterocycles. The number of ether oxygens (including phenoxy) is 5. The molecule has 12 nitrogen and oxygen atoms in total. The van der Waals surface area contributed by atoms with E-state index in [2.05, 4.69) is 0 Å². The van der Waals surface area contributed by atoms with Crippen LogP contribution in [0.3, 0.4) is 0 Å². The Bertz CT molecular complexity index is 1530. The normalized spacial score (nSPS) is 42.7. The number of furan rings is 1. The summed E-state index contributed by atoms with van der Waals surface area (Å²) in [5.74, 6) is -7.85. The zero-order chi connectivity index (χ0) is 34.7. The van der Waals surface area contributed by atoms with Crippen LogP contribution < -0.4 is 0 Å². The molecule has 10 atom stereocenters. The summed E-state index contributed by atoms with van der Waals surface area (Å²) in [6, 6.07) is 1.70. The molecule has 5 aliphatic rings. The van der Waals surface area contributed by atoms with Gasteiger partial charge in [0.25, 0.3) is 0 Å². The standard InChI is InChI=1S/C35H46O12/c1-17(2)26(38)45-28-30(5,6)21(14-23(36)42-9)32(8)20-10-12-31(7)22(15-24(37)44-25(31)19-11-13-43-16-19)33(20)29(46-27(39)18(3)4)34(28,40)35(32,41)47-33/h11,13,15-18,20-21,25,28-29,40-41H,10,12,14H2,1-9H3/t20?,21-,25-,28-,29-,31+,32+,33?,34-,35+/m0/s1. The molecule has 4 fully saturated rings. The molecular formula is C35H46O12. The third kappa shape index (κ3) is 3.98. The van der Waals surface area contributed by atoms with Crippen molar-refractivity contribution in [1.29, 1.82) is 0 Å². The maximum Gasteiger partial charge on any atom is 0.331 e. The van der Waals surface area contributed by atoms with E-state index >= 15 is 0 Å². The first kappa shape index (κ1) is 33.7. The van der Waals surface area contributed by atoms with E-state index in [9.17, 15) is 29.4 Å². The van der Waals surface area contributed by atoms with E-state index < -0.39 is 99.1 Å². The van der Waals surface area contributed by atoms with Gasteiger partial charge in [-0.3, -0.25) is 14.4 Å². The number of cyclic esters (lactones) is 1. The van der Waals surface area contributed by atoms with Crippen molar-refractivity contribution >= 4 is 23.9 Å². The van der Waals surface area contributed by atoms with Crippen LogP contribution in [0.25, 0.3) is 0 Å². The van der Waals surface area contributed by atoms with Crippen molar-refractivity contribution in [3.8, 4) is 0 Å². The van der Waals surface area contributed by atoms with E-state index in [-0.39, 0.29) is 6.42 Å². The lowest BCUT2D eigenvalue weighted by Gasteiger charge is -2.69. The second kappa shape index (κ2) is 10.4. The van der Waals surface area contributed by atoms with E-state index in [0.717, 1.165) is 0 Å². The van der Waals surface area contributed by atoms with Gasteiger partial charge < -0.3 is 38.3 Å². The maximum absolute atomic E-state index is 13.6. The molecule has 2 unspecified atom stereocenters. The summed E-state index contributed by atoms with van der Waals surface area (Å²) >= 11 is 0. The van der Waals surface area contributed by atoms with Crippen LogP contribution in [-0.4, -0.2) is 70.4 Å². The van der Waals surface area contributed by atoms with E-state index in [0.29, 0.717) is 24.0 Å². The SMILES string of the molecule is COC(=O)C[C@H]1C(C)(C)[C@H](OC(=O)C(C)C)[C@]2(O)[C@@H](OC(=O)C(C)C)C34O[C@]2(O)[C@]1(C)C3CC[C@]1(C)C4=CC(=O)O[C@H]1c1ccoc1. The predicted octanol–water partition coefficient (Wildman–Crippen LogP) is 3.78. The van der Waals surface area contributed by atoms with Crippen molar-refractivity contribution in [1.82, 2.24) is 0 Å². The Morgan fingerprint density at radius 3 is 2.17 bits per heavy atom. The highest BCUT2D eigenvalue weighted by molar-refractivity contribution is 5.86. The molecule has 4 heterocycles. The molecule has 0 radical (unpaired) electrons. The Morgan fingerprint density at radius 1 is 1.00 bits per heavy atom. The van der Waals surface area contributed by atoms with Crippen LogP contribution in [0.2, 0.25) is 0 Å². The molecule has 12 heteroatoms. The van der Waals surface area contributed by atoms with Gasteiger partial charge in [0.15, 0.2) is 11.7 Å². The van der Waals surface area contributed by atoms with Gasteiger partial charge in [-0.2, -0.15) is 0 Å². The van der Waals surface area contributed by atoms with Gasteiger partial charge in [0.1, 0.15) is 17.8 Å². The third-order valence-corrected chi connectivity index (χ3v) is 12.2. The number of carbonyl (C=O) groups excluding carboxylic acids is 4. The number of esters is 4. The van der Waals surface area contributed by atoms with E-state index in [1.807, 2.05) is 6.92 Å². The Kier molecular flexibility index (Phi) is 7.44. The molecule has 1 aromatic heterocycles. The molecular weight excluding hydrogens is 612 g/mol. The largest absolute Gasteiger partial charge is 0.472 e. The Labute approximate surface area is 274 Å². The highest BCUT2D eigenvalue weighted by atomic mass is 16.7. The van der Waals surface area contributed by atoms with Gasteiger partial charge in [-0.1, -0.05) is 55.4 Å². The molecule has 2 N–H and O–H groups in total. The summed E-state index contributed by atoms with van der Waals surface area (Å²) in [7, 11) is 1.27. The van der Waals surface area contributed by atoms with E-state index in [1.54, 1.807) is 54.5 Å². The molecule has 47 heavy (non-hydrogen) atoms. The summed E-state index contributed by atoms with van der Waals surface area (Å²) in [5.41, 5.74) is -6.92. The van der Waals surface area contributed by atoms with Crippen LogP contribution in [0.1, 0.15) is 86.3 Å². The molecule has 2 aliphatic carbocycles. The molecule has 258 valence electrons. The van der Waals surface area contributed by atoms with Crippen LogP contribution in [0.15, 0.2) is 34.7 Å². The summed E-state index contributed by atoms with van der Waals surface area (Å²) < 4.78 is 35.6. The summed E-state index contributed by atoms with van der Waals surface area (Å²) in [4.78, 5) is 53.5. The van der Waals surface area contributed by atoms with Crippen LogP contribution in [0, 0.1) is 39.9 Å². The van der Waals surface area contributed by atoms with Gasteiger partial charge in [-0.05, 0) is 30.4 Å². The fourth-order valence-corrected chi connectivity index (χ4v) is 10.1. The number of aliphatic hydroxyl groups is 2. The van der Waals surface area contributed by atoms with Crippen LogP contribution in [0.4, 0.5) is 0 Å². The fraction of sp³-hybridized carbons (Fsp3) is 0.714. The zero-order valence-corrected chi connectivity index (χ0v) is 28.4. The minimum atomic E-state index is -2.55. The summed E-state index contributed by atoms with van der Waals surface area (Å²) in [5, 5.41) is 26.4. The topological polar surface area (TPSA) is 168 Å². The van der Waals surface area contributed by atoms with Gasteiger partial charge >= 0.3 is 23.9 Å². The minimum absolute atomic E-state index is 0.198. The predicted molar refractivity (Wildman–Crippen MR) is 162 cm³/mol. The molecule has 3 aliphatic heterocycles. The average molecular weight is 659 g/mol. The first-order chi connectivity index (χ1) is 21.8. The second-order valence-corrected chi connectivity index (χ2v) is 15.7. The van der Waals surface area contributed by atoms with Crippen LogP contribution >= 0.6 is 0 Å². The number of carbonyl (C=O) groups is 4. The first-order valence-electron chi connectivity index (χ1n) is 16.4. The van der Waals surface area contributed by atoms with E-state index in [4.69, 9.17) is 28.1 Å². The average Bonchev–Trinajstić information content (AvgIpc) is 3.65. The molecule has 1 aromatic rings. The lowest BCUT2D eigenvalue weighted by molar-refractivity contribution is -0.386. The Morgan fingerprint density at radius 2 is 1.62 bits per heavy atom. The Balaban J connectivity index is 1.66. The van der Waals surface area contributed by atoms with Crippen LogP contribution in [-0.2, 0) is 42.9 Å². The molecule has 6 rings (SSSR count). The molecule has 2 bridgehead atoms. The Hall–Kier alpha value is -3.22. The molecule has 2 saturated carbocycles. The van der Waals surface area contributed by atoms with Crippen LogP contribution in [0.5, 0.6) is 0 Å². The fourth-order valence-electron chi connectivity index (χ4n) is 10.1. The van der Waals surface area contributed by atoms with Gasteiger partial charge in [-0.15, -0.1) is 0 Å². The van der Waals surface area contributed by atoms with Gasteiger partial charge in [0, 0.05) is 40.2 Å². The van der Waals surface area contributed by atoms with Gasteiger partial charge in [-0.25, -0.2) is 4.79 Å². The van der Waals surface area contributed by atoms with Gasteiger partial charge in [0.2, 0.25) is 5.79 Å². The van der Waals surface area contributed by atoms with Crippen molar-refractivity contribution in [2.24, 2.45) is 39.9 Å². The van der Waals surface area contributed by atoms with Gasteiger partial charge in [0.05, 0.1) is 31.5 Å². The third-order valence-electron chi connectivity index (χ3n) is 12.2. The zero-order valence-electron chi connectivity index (χ0n) is 28.4. The highest BCUT2D eigenvalue weighted by Crippen LogP contribution is 2.82. The summed E-state index contributed by atoms with van der Waals surface area (Å²) in [6.45, 7) is 13.7. The number of methoxy groups -OCH3 is 1. The summed E-state index contributed by atoms with van der Waals surface area (Å²) in [6.07, 6.45) is 0.913. The quantitative estimate of drug-likeness (QED) is 0.322. The monoisotopic (exact) mass is 658 g/mol. The minimum Gasteiger partial charge on any atom is -0.472 e. The molecule has 1 spiro atoms. The van der Waals surface area contributed by atoms with Crippen molar-refractivity contribution in [3.63, 3.8) is 0 Å². The molecule has 0 aromatic carbocycles. The van der Waals surface area contributed by atoms with Crippen molar-refractivity contribution in [2.45, 2.75) is 110 Å². The maximum atomic E-state index is 13.6. The van der Waals surface area contributed by atoms with E-state index in [1.165, 1.54) is 25.7 Å². The van der Waals surface area contributed by atoms with Crippen molar-refractivity contribution in [2.75, 3.05) is 7.11 Å². The lowest BCUT2D eigenvalue weighted by Crippen LogP contribution is -2.84.